The molecule has 0 fully saturated rings. The summed E-state index contributed by atoms with van der Waals surface area (Å²) in [5, 5.41) is 26.0. The van der Waals surface area contributed by atoms with Gasteiger partial charge in [0.2, 0.25) is 5.75 Å². The lowest BCUT2D eigenvalue weighted by Crippen LogP contribution is -2.63. The fourth-order valence-electron chi connectivity index (χ4n) is 10.2. The summed E-state index contributed by atoms with van der Waals surface area (Å²) in [7, 11) is 8.83. The second kappa shape index (κ2) is 17.3. The molecule has 4 aromatic carbocycles. The zero-order valence-electron chi connectivity index (χ0n) is 36.1. The Kier molecular flexibility index (Phi) is 12.3. The minimum atomic E-state index is -1.12. The van der Waals surface area contributed by atoms with Crippen LogP contribution in [0.2, 0.25) is 0 Å². The van der Waals surface area contributed by atoms with E-state index in [4.69, 9.17) is 28.4 Å². The number of carboxylic acid groups (broad SMARTS) is 2. The van der Waals surface area contributed by atoms with Crippen molar-refractivity contribution in [2.45, 2.75) is 89.9 Å². The first-order chi connectivity index (χ1) is 28.8. The van der Waals surface area contributed by atoms with E-state index in [1.165, 1.54) is 0 Å². The van der Waals surface area contributed by atoms with Crippen LogP contribution < -0.4 is 38.6 Å². The van der Waals surface area contributed by atoms with Crippen molar-refractivity contribution in [3.63, 3.8) is 0 Å². The van der Waals surface area contributed by atoms with Crippen LogP contribution in [0.25, 0.3) is 0 Å². The molecule has 0 saturated carbocycles. The molecule has 8 rings (SSSR count). The van der Waals surface area contributed by atoms with Crippen LogP contribution in [0.15, 0.2) is 60.7 Å². The number of hydrogen-bond acceptors (Lipinski definition) is 10. The van der Waals surface area contributed by atoms with Gasteiger partial charge >= 0.3 is 0 Å². The topological polar surface area (TPSA) is 136 Å². The Labute approximate surface area is 353 Å². The Hall–Kier alpha value is -5.46. The minimum Gasteiger partial charge on any atom is -0.544 e. The van der Waals surface area contributed by atoms with E-state index in [0.717, 1.165) is 33.4 Å². The molecule has 4 heterocycles. The summed E-state index contributed by atoms with van der Waals surface area (Å²) < 4.78 is 38.6. The first kappa shape index (κ1) is 42.7. The van der Waals surface area contributed by atoms with Gasteiger partial charge < -0.3 is 57.2 Å². The van der Waals surface area contributed by atoms with Crippen molar-refractivity contribution < 1.29 is 57.2 Å². The monoisotopic (exact) mass is 822 g/mol. The van der Waals surface area contributed by atoms with Gasteiger partial charge in [-0.1, -0.05) is 39.0 Å². The van der Waals surface area contributed by atoms with E-state index in [1.807, 2.05) is 95.5 Å². The molecule has 0 aliphatic carbocycles. The van der Waals surface area contributed by atoms with Crippen molar-refractivity contribution in [2.24, 2.45) is 0 Å². The van der Waals surface area contributed by atoms with E-state index < -0.39 is 30.1 Å². The third-order valence-electron chi connectivity index (χ3n) is 13.5. The number of likely N-dealkylation sites (N-methyl/N-ethyl adjacent to an activating group) is 2. The quantitative estimate of drug-likeness (QED) is 0.156. The molecule has 60 heavy (non-hydrogen) atoms. The van der Waals surface area contributed by atoms with Crippen molar-refractivity contribution in [3.05, 3.63) is 94.0 Å². The first-order valence-electron chi connectivity index (χ1n) is 21.1. The third-order valence-corrected chi connectivity index (χ3v) is 13.5. The molecular weight excluding hydrogens is 765 g/mol. The Morgan fingerprint density at radius 3 is 1.87 bits per heavy atom. The van der Waals surface area contributed by atoms with Crippen molar-refractivity contribution in [1.82, 2.24) is 0 Å². The molecule has 12 nitrogen and oxygen atoms in total. The number of carboxylic acids is 2. The average molecular weight is 823 g/mol. The number of fused-ring (bicyclic) bond motifs is 2. The number of ether oxygens (including phenoxy) is 6. The summed E-state index contributed by atoms with van der Waals surface area (Å²) in [6.45, 7) is 7.28. The maximum absolute atomic E-state index is 13.1. The number of methoxy groups -OCH3 is 3. The lowest BCUT2D eigenvalue weighted by atomic mass is 9.83. The van der Waals surface area contributed by atoms with Gasteiger partial charge in [0.25, 0.3) is 0 Å². The fourth-order valence-corrected chi connectivity index (χ4v) is 10.2. The smallest absolute Gasteiger partial charge is 0.204 e. The van der Waals surface area contributed by atoms with E-state index in [1.54, 1.807) is 21.3 Å². The number of quaternary nitrogens is 2. The molecule has 4 aliphatic heterocycles. The molecule has 6 bridgehead atoms. The van der Waals surface area contributed by atoms with Crippen molar-refractivity contribution in [2.75, 3.05) is 55.1 Å². The second-order valence-electron chi connectivity index (χ2n) is 16.8. The van der Waals surface area contributed by atoms with E-state index in [9.17, 15) is 19.8 Å². The maximum atomic E-state index is 13.1. The van der Waals surface area contributed by atoms with Crippen LogP contribution in [0.4, 0.5) is 0 Å². The maximum Gasteiger partial charge on any atom is 0.204 e. The largest absolute Gasteiger partial charge is 0.544 e. The summed E-state index contributed by atoms with van der Waals surface area (Å²) in [5.41, 5.74) is 5.68. The molecule has 12 heteroatoms. The Balaban J connectivity index is 1.56. The molecule has 4 aromatic rings. The average Bonchev–Trinajstić information content (AvgIpc) is 3.23. The zero-order valence-corrected chi connectivity index (χ0v) is 36.1. The highest BCUT2D eigenvalue weighted by molar-refractivity contribution is 5.71. The molecule has 4 aliphatic rings. The molecule has 6 unspecified atom stereocenters. The predicted octanol–water partition coefficient (Wildman–Crippen LogP) is 6.03. The predicted molar refractivity (Wildman–Crippen MR) is 222 cm³/mol. The van der Waals surface area contributed by atoms with E-state index in [2.05, 4.69) is 0 Å². The van der Waals surface area contributed by atoms with Crippen molar-refractivity contribution in [3.8, 4) is 46.0 Å². The van der Waals surface area contributed by atoms with E-state index >= 15 is 0 Å². The van der Waals surface area contributed by atoms with Crippen LogP contribution in [0.3, 0.4) is 0 Å². The highest BCUT2D eigenvalue weighted by atomic mass is 16.6. The highest BCUT2D eigenvalue weighted by Gasteiger charge is 2.49. The van der Waals surface area contributed by atoms with Crippen LogP contribution in [-0.2, 0) is 35.3 Å². The lowest BCUT2D eigenvalue weighted by Gasteiger charge is -2.51. The van der Waals surface area contributed by atoms with E-state index in [0.29, 0.717) is 111 Å². The number of hydrogen-bond donors (Lipinski definition) is 0. The highest BCUT2D eigenvalue weighted by Crippen LogP contribution is 2.54. The van der Waals surface area contributed by atoms with Gasteiger partial charge in [-0.05, 0) is 71.1 Å². The van der Waals surface area contributed by atoms with Gasteiger partial charge in [-0.15, -0.1) is 0 Å². The molecule has 0 aromatic heterocycles. The van der Waals surface area contributed by atoms with Gasteiger partial charge in [0.1, 0.15) is 29.9 Å². The Morgan fingerprint density at radius 1 is 0.700 bits per heavy atom. The summed E-state index contributed by atoms with van der Waals surface area (Å²) in [4.78, 5) is 26.0. The number of nitrogens with zero attached hydrogens (tertiary/aromatic N) is 2. The molecule has 320 valence electrons. The normalized spacial score (nSPS) is 22.7. The number of carbonyl (C=O) groups is 2. The third kappa shape index (κ3) is 7.60. The van der Waals surface area contributed by atoms with Gasteiger partial charge in [0.15, 0.2) is 34.5 Å². The SMILES string of the molecule is CCCOc1c(OC)cc2c3c1Oc1cc4c(cc1OC)CC[N+](C)(C(CC)C(=O)[O-])C4Cc1ccc(cc1)Oc1cc(ccc1OC)CC3[N+](C)(C(CC)C(=O)[O-])CC2. The Morgan fingerprint density at radius 2 is 1.27 bits per heavy atom. The van der Waals surface area contributed by atoms with Crippen molar-refractivity contribution in [1.29, 1.82) is 0 Å². The molecule has 0 radical (unpaired) electrons. The van der Waals surface area contributed by atoms with E-state index in [-0.39, 0.29) is 15.0 Å². The number of rotatable bonds is 12. The van der Waals surface area contributed by atoms with Crippen LogP contribution >= 0.6 is 0 Å². The van der Waals surface area contributed by atoms with Crippen LogP contribution in [0.5, 0.6) is 46.0 Å². The van der Waals surface area contributed by atoms with Gasteiger partial charge in [-0.25, -0.2) is 0 Å². The number of aliphatic carboxylic acids is 2. The van der Waals surface area contributed by atoms with Crippen LogP contribution in [-0.4, -0.2) is 88.1 Å². The number of carbonyl (C=O) groups excluding carboxylic acids is 2. The fraction of sp³-hybridized carbons (Fsp3) is 0.458. The molecule has 0 amide bonds. The second-order valence-corrected chi connectivity index (χ2v) is 16.8. The summed E-state index contributed by atoms with van der Waals surface area (Å²) in [6, 6.07) is 17.3. The zero-order chi connectivity index (χ0) is 42.9. The summed E-state index contributed by atoms with van der Waals surface area (Å²) >= 11 is 0. The number of benzene rings is 4. The molecule has 6 atom stereocenters. The van der Waals surface area contributed by atoms with Gasteiger partial charge in [-0.3, -0.25) is 0 Å². The van der Waals surface area contributed by atoms with Gasteiger partial charge in [-0.2, -0.15) is 0 Å². The lowest BCUT2D eigenvalue weighted by molar-refractivity contribution is -0.958. The standard InChI is InChI=1S/C48H58N2O10/c1-9-22-58-45-43(57-8)27-32-19-21-50(5,36(11-3)48(53)54)38-24-30-14-17-39(55-6)41(25-30)59-33-15-12-29(13-16-33)23-37-34-28-42(60-46(45)44(32)38)40(56-7)26-31(34)18-20-49(37,4)35(10-2)47(51)52/h12-17,25-28,35-38H,9-11,18-24H2,1-8H3. The summed E-state index contributed by atoms with van der Waals surface area (Å²) in [5.74, 6) is 1.74. The molecule has 0 saturated heterocycles. The first-order valence-corrected chi connectivity index (χ1v) is 21.1. The van der Waals surface area contributed by atoms with Crippen molar-refractivity contribution >= 4 is 11.9 Å². The van der Waals surface area contributed by atoms with Gasteiger partial charge in [0, 0.05) is 44.1 Å². The minimum absolute atomic E-state index is 0.145. The molecule has 0 N–H and O–H groups in total. The molecule has 0 spiro atoms. The van der Waals surface area contributed by atoms with Gasteiger partial charge in [0.05, 0.1) is 72.6 Å². The Bertz CT molecular complexity index is 2240. The van der Waals surface area contributed by atoms with Crippen LogP contribution in [0, 0.1) is 0 Å². The summed E-state index contributed by atoms with van der Waals surface area (Å²) in [6.07, 6.45) is 3.56. The van der Waals surface area contributed by atoms with Crippen LogP contribution in [0.1, 0.15) is 85.5 Å². The molecular formula is C48H58N2O10.